The third-order valence-corrected chi connectivity index (χ3v) is 3.05. The molecule has 0 spiro atoms. The van der Waals surface area contributed by atoms with Crippen molar-refractivity contribution in [2.45, 2.75) is 6.54 Å². The van der Waals surface area contributed by atoms with Gasteiger partial charge in [-0.05, 0) is 24.3 Å². The second-order valence-corrected chi connectivity index (χ2v) is 5.01. The van der Waals surface area contributed by atoms with Crippen LogP contribution in [0.3, 0.4) is 0 Å². The van der Waals surface area contributed by atoms with E-state index in [2.05, 4.69) is 16.0 Å². The van der Waals surface area contributed by atoms with Gasteiger partial charge in [0.05, 0.1) is 25.9 Å². The maximum Gasteiger partial charge on any atom is 0.258 e. The summed E-state index contributed by atoms with van der Waals surface area (Å²) < 4.78 is 10.3. The van der Waals surface area contributed by atoms with Crippen molar-refractivity contribution in [3.63, 3.8) is 0 Å². The van der Waals surface area contributed by atoms with E-state index in [9.17, 15) is 14.4 Å². The molecule has 0 fully saturated rings. The number of hydrogen-bond donors (Lipinski definition) is 3. The Kier molecular flexibility index (Phi) is 7.05. The highest BCUT2D eigenvalue weighted by molar-refractivity contribution is 5.88. The zero-order valence-corrected chi connectivity index (χ0v) is 13.5. The molecule has 0 bridgehead atoms. The average Bonchev–Trinajstić information content (AvgIpc) is 3.15. The monoisotopic (exact) mass is 345 g/mol. The SMILES string of the molecule is O=C(CNC(=O)COc1ccccc1)NCC(=O)NCc1ccco1. The van der Waals surface area contributed by atoms with Gasteiger partial charge in [0, 0.05) is 0 Å². The van der Waals surface area contributed by atoms with Gasteiger partial charge in [-0.15, -0.1) is 0 Å². The lowest BCUT2D eigenvalue weighted by Gasteiger charge is -2.08. The first-order valence-corrected chi connectivity index (χ1v) is 7.64. The number of carbonyl (C=O) groups excluding carboxylic acids is 3. The van der Waals surface area contributed by atoms with Crippen molar-refractivity contribution >= 4 is 17.7 Å². The molecule has 3 N–H and O–H groups in total. The van der Waals surface area contributed by atoms with Crippen molar-refractivity contribution in [2.75, 3.05) is 19.7 Å². The summed E-state index contributed by atoms with van der Waals surface area (Å²) in [6, 6.07) is 12.3. The van der Waals surface area contributed by atoms with E-state index in [-0.39, 0.29) is 32.1 Å². The molecular formula is C17H19N3O5. The number of benzene rings is 1. The molecule has 25 heavy (non-hydrogen) atoms. The molecule has 1 aromatic heterocycles. The Morgan fingerprint density at radius 3 is 2.20 bits per heavy atom. The van der Waals surface area contributed by atoms with Crippen molar-refractivity contribution in [1.82, 2.24) is 16.0 Å². The highest BCUT2D eigenvalue weighted by Crippen LogP contribution is 2.07. The predicted molar refractivity (Wildman–Crippen MR) is 88.5 cm³/mol. The van der Waals surface area contributed by atoms with E-state index in [1.807, 2.05) is 6.07 Å². The summed E-state index contributed by atoms with van der Waals surface area (Å²) in [6.45, 7) is -0.367. The van der Waals surface area contributed by atoms with E-state index >= 15 is 0 Å². The van der Waals surface area contributed by atoms with Gasteiger partial charge in [-0.2, -0.15) is 0 Å². The van der Waals surface area contributed by atoms with Crippen molar-refractivity contribution in [2.24, 2.45) is 0 Å². The molecule has 8 heteroatoms. The topological polar surface area (TPSA) is 110 Å². The molecule has 0 aliphatic rings. The summed E-state index contributed by atoms with van der Waals surface area (Å²) >= 11 is 0. The van der Waals surface area contributed by atoms with Crippen LogP contribution in [0.4, 0.5) is 0 Å². The standard InChI is InChI=1S/C17H19N3O5/c21-15(18-9-14-7-4-8-24-14)10-19-16(22)11-20-17(23)12-25-13-5-2-1-3-6-13/h1-8H,9-12H2,(H,18,21)(H,19,22)(H,20,23). The number of ether oxygens (including phenoxy) is 1. The average molecular weight is 345 g/mol. The Balaban J connectivity index is 1.55. The number of nitrogens with one attached hydrogen (secondary N) is 3. The van der Waals surface area contributed by atoms with Gasteiger partial charge in [0.1, 0.15) is 11.5 Å². The summed E-state index contributed by atoms with van der Waals surface area (Å²) in [5, 5.41) is 7.40. The molecule has 0 saturated heterocycles. The van der Waals surface area contributed by atoms with Gasteiger partial charge >= 0.3 is 0 Å². The van der Waals surface area contributed by atoms with Crippen molar-refractivity contribution in [3.05, 3.63) is 54.5 Å². The first kappa shape index (κ1) is 18.1. The minimum atomic E-state index is -0.471. The van der Waals surface area contributed by atoms with Gasteiger partial charge in [0.2, 0.25) is 11.8 Å². The Bertz CT molecular complexity index is 686. The minimum Gasteiger partial charge on any atom is -0.484 e. The molecule has 2 rings (SSSR count). The number of furan rings is 1. The van der Waals surface area contributed by atoms with Crippen LogP contribution in [0.15, 0.2) is 53.1 Å². The van der Waals surface area contributed by atoms with Gasteiger partial charge in [0.15, 0.2) is 6.61 Å². The molecule has 0 saturated carbocycles. The molecule has 0 radical (unpaired) electrons. The molecular weight excluding hydrogens is 326 g/mol. The van der Waals surface area contributed by atoms with Crippen molar-refractivity contribution < 1.29 is 23.5 Å². The van der Waals surface area contributed by atoms with Gasteiger partial charge < -0.3 is 25.1 Å². The first-order valence-electron chi connectivity index (χ1n) is 7.64. The minimum absolute atomic E-state index is 0.185. The maximum absolute atomic E-state index is 11.6. The molecule has 0 atom stereocenters. The second-order valence-electron chi connectivity index (χ2n) is 5.01. The van der Waals surface area contributed by atoms with Gasteiger partial charge in [-0.25, -0.2) is 0 Å². The molecule has 1 aromatic carbocycles. The Morgan fingerprint density at radius 2 is 1.52 bits per heavy atom. The summed E-state index contributed by atoms with van der Waals surface area (Å²) in [4.78, 5) is 34.7. The van der Waals surface area contributed by atoms with E-state index in [0.717, 1.165) is 0 Å². The zero-order valence-electron chi connectivity index (χ0n) is 13.5. The van der Waals surface area contributed by atoms with Crippen LogP contribution in [-0.2, 0) is 20.9 Å². The van der Waals surface area contributed by atoms with Gasteiger partial charge in [0.25, 0.3) is 5.91 Å². The molecule has 0 aliphatic carbocycles. The summed E-state index contributed by atoms with van der Waals surface area (Å²) in [5.74, 6) is -0.0772. The Hall–Kier alpha value is -3.29. The van der Waals surface area contributed by atoms with Gasteiger partial charge in [-0.3, -0.25) is 14.4 Å². The van der Waals surface area contributed by atoms with Crippen molar-refractivity contribution in [1.29, 1.82) is 0 Å². The molecule has 1 heterocycles. The second kappa shape index (κ2) is 9.76. The number of amides is 3. The lowest BCUT2D eigenvalue weighted by molar-refractivity contribution is -0.128. The highest BCUT2D eigenvalue weighted by atomic mass is 16.5. The van der Waals surface area contributed by atoms with Crippen LogP contribution in [-0.4, -0.2) is 37.4 Å². The van der Waals surface area contributed by atoms with Crippen LogP contribution >= 0.6 is 0 Å². The summed E-state index contributed by atoms with van der Waals surface area (Å²) in [5.41, 5.74) is 0. The quantitative estimate of drug-likeness (QED) is 0.602. The predicted octanol–water partition coefficient (Wildman–Crippen LogP) is 0.207. The van der Waals surface area contributed by atoms with Gasteiger partial charge in [-0.1, -0.05) is 18.2 Å². The van der Waals surface area contributed by atoms with Crippen molar-refractivity contribution in [3.8, 4) is 5.75 Å². The Morgan fingerprint density at radius 1 is 0.840 bits per heavy atom. The molecule has 132 valence electrons. The zero-order chi connectivity index (χ0) is 17.9. The molecule has 3 amide bonds. The van der Waals surface area contributed by atoms with E-state index in [0.29, 0.717) is 11.5 Å². The fourth-order valence-corrected chi connectivity index (χ4v) is 1.80. The fraction of sp³-hybridized carbons (Fsp3) is 0.235. The Labute approximate surface area is 144 Å². The third-order valence-electron chi connectivity index (χ3n) is 3.05. The lowest BCUT2D eigenvalue weighted by atomic mass is 10.3. The normalized spacial score (nSPS) is 9.92. The van der Waals surface area contributed by atoms with Crippen LogP contribution in [0, 0.1) is 0 Å². The fourth-order valence-electron chi connectivity index (χ4n) is 1.80. The first-order chi connectivity index (χ1) is 12.1. The molecule has 0 aliphatic heterocycles. The summed E-state index contributed by atoms with van der Waals surface area (Å²) in [6.07, 6.45) is 1.51. The number of para-hydroxylation sites is 1. The largest absolute Gasteiger partial charge is 0.484 e. The third kappa shape index (κ3) is 7.21. The van der Waals surface area contributed by atoms with Crippen LogP contribution in [0.1, 0.15) is 5.76 Å². The van der Waals surface area contributed by atoms with E-state index in [4.69, 9.17) is 9.15 Å². The van der Waals surface area contributed by atoms with Crippen LogP contribution < -0.4 is 20.7 Å². The molecule has 0 unspecified atom stereocenters. The highest BCUT2D eigenvalue weighted by Gasteiger charge is 2.08. The smallest absolute Gasteiger partial charge is 0.258 e. The van der Waals surface area contributed by atoms with E-state index in [1.54, 1.807) is 36.4 Å². The number of rotatable bonds is 9. The van der Waals surface area contributed by atoms with Crippen LogP contribution in [0.2, 0.25) is 0 Å². The lowest BCUT2D eigenvalue weighted by Crippen LogP contribution is -2.42. The maximum atomic E-state index is 11.6. The van der Waals surface area contributed by atoms with E-state index < -0.39 is 11.8 Å². The summed E-state index contributed by atoms with van der Waals surface area (Å²) in [7, 11) is 0. The van der Waals surface area contributed by atoms with Crippen LogP contribution in [0.25, 0.3) is 0 Å². The van der Waals surface area contributed by atoms with Crippen LogP contribution in [0.5, 0.6) is 5.75 Å². The number of hydrogen-bond acceptors (Lipinski definition) is 5. The molecule has 8 nitrogen and oxygen atoms in total. The molecule has 2 aromatic rings. The number of carbonyl (C=O) groups is 3. The van der Waals surface area contributed by atoms with E-state index in [1.165, 1.54) is 6.26 Å².